The minimum atomic E-state index is -0.174. The third-order valence-corrected chi connectivity index (χ3v) is 4.61. The number of carbonyl (C=O) groups is 1. The van der Waals surface area contributed by atoms with Crippen LogP contribution in [0.25, 0.3) is 0 Å². The fraction of sp³-hybridized carbons (Fsp3) is 0.350. The van der Waals surface area contributed by atoms with Gasteiger partial charge in [-0.3, -0.25) is 9.69 Å². The first-order valence-corrected chi connectivity index (χ1v) is 8.63. The standard InChI is InChI=1S/C20H23FN2O2/c21-19-7-2-1-5-17(19)15-22-10-12-23(13-11-22)20(25)9-8-16-4-3-6-18(24)14-16/h1-7,14,24H,8-13,15H2. The van der Waals surface area contributed by atoms with Gasteiger partial charge >= 0.3 is 0 Å². The average molecular weight is 342 g/mol. The average Bonchev–Trinajstić information content (AvgIpc) is 2.62. The molecule has 0 saturated carbocycles. The van der Waals surface area contributed by atoms with E-state index in [1.807, 2.05) is 23.1 Å². The normalized spacial score (nSPS) is 15.3. The van der Waals surface area contributed by atoms with Gasteiger partial charge in [0.1, 0.15) is 11.6 Å². The van der Waals surface area contributed by atoms with E-state index in [2.05, 4.69) is 4.90 Å². The summed E-state index contributed by atoms with van der Waals surface area (Å²) in [5.74, 6) is 0.188. The van der Waals surface area contributed by atoms with Gasteiger partial charge in [-0.05, 0) is 30.2 Å². The Bertz CT molecular complexity index is 727. The number of piperazine rings is 1. The highest BCUT2D eigenvalue weighted by Crippen LogP contribution is 2.15. The van der Waals surface area contributed by atoms with Crippen LogP contribution in [0.15, 0.2) is 48.5 Å². The summed E-state index contributed by atoms with van der Waals surface area (Å²) in [5.41, 5.74) is 1.66. The molecule has 2 aromatic rings. The molecule has 0 bridgehead atoms. The number of hydrogen-bond acceptors (Lipinski definition) is 3. The molecule has 1 aliphatic rings. The molecule has 1 amide bonds. The van der Waals surface area contributed by atoms with Crippen LogP contribution in [0.5, 0.6) is 5.75 Å². The lowest BCUT2D eigenvalue weighted by Gasteiger charge is -2.35. The Morgan fingerprint density at radius 2 is 1.80 bits per heavy atom. The molecule has 132 valence electrons. The molecule has 2 aromatic carbocycles. The van der Waals surface area contributed by atoms with Gasteiger partial charge in [0.25, 0.3) is 0 Å². The van der Waals surface area contributed by atoms with Gasteiger partial charge in [-0.25, -0.2) is 4.39 Å². The first kappa shape index (κ1) is 17.4. The van der Waals surface area contributed by atoms with E-state index in [-0.39, 0.29) is 17.5 Å². The molecule has 1 N–H and O–H groups in total. The van der Waals surface area contributed by atoms with Crippen molar-refractivity contribution in [2.24, 2.45) is 0 Å². The first-order chi connectivity index (χ1) is 12.1. The predicted molar refractivity (Wildman–Crippen MR) is 94.7 cm³/mol. The number of nitrogens with zero attached hydrogens (tertiary/aromatic N) is 2. The van der Waals surface area contributed by atoms with Gasteiger partial charge in [0.15, 0.2) is 0 Å². The second-order valence-electron chi connectivity index (χ2n) is 6.42. The Hall–Kier alpha value is -2.40. The molecule has 0 aliphatic carbocycles. The minimum Gasteiger partial charge on any atom is -0.508 e. The summed E-state index contributed by atoms with van der Waals surface area (Å²) in [7, 11) is 0. The lowest BCUT2D eigenvalue weighted by molar-refractivity contribution is -0.133. The van der Waals surface area contributed by atoms with E-state index >= 15 is 0 Å². The van der Waals surface area contributed by atoms with Crippen molar-refractivity contribution in [1.29, 1.82) is 0 Å². The van der Waals surface area contributed by atoms with Gasteiger partial charge < -0.3 is 10.0 Å². The van der Waals surface area contributed by atoms with Crippen LogP contribution < -0.4 is 0 Å². The molecule has 25 heavy (non-hydrogen) atoms. The van der Waals surface area contributed by atoms with Gasteiger partial charge in [0.05, 0.1) is 0 Å². The zero-order chi connectivity index (χ0) is 17.6. The smallest absolute Gasteiger partial charge is 0.222 e. The van der Waals surface area contributed by atoms with Crippen LogP contribution in [0.3, 0.4) is 0 Å². The topological polar surface area (TPSA) is 43.8 Å². The lowest BCUT2D eigenvalue weighted by atomic mass is 10.1. The number of carbonyl (C=O) groups excluding carboxylic acids is 1. The summed E-state index contributed by atoms with van der Waals surface area (Å²) in [6.45, 7) is 3.44. The maximum atomic E-state index is 13.7. The largest absolute Gasteiger partial charge is 0.508 e. The number of benzene rings is 2. The van der Waals surface area contributed by atoms with Crippen LogP contribution in [-0.2, 0) is 17.8 Å². The van der Waals surface area contributed by atoms with Crippen molar-refractivity contribution < 1.29 is 14.3 Å². The van der Waals surface area contributed by atoms with E-state index in [1.165, 1.54) is 6.07 Å². The highest BCUT2D eigenvalue weighted by Gasteiger charge is 2.21. The molecule has 1 heterocycles. The molecule has 4 nitrogen and oxygen atoms in total. The van der Waals surface area contributed by atoms with Crippen LogP contribution in [-0.4, -0.2) is 47.0 Å². The zero-order valence-corrected chi connectivity index (χ0v) is 14.2. The van der Waals surface area contributed by atoms with Crippen molar-refractivity contribution in [2.45, 2.75) is 19.4 Å². The molecule has 0 radical (unpaired) electrons. The van der Waals surface area contributed by atoms with E-state index in [1.54, 1.807) is 24.3 Å². The molecule has 1 fully saturated rings. The van der Waals surface area contributed by atoms with Gasteiger partial charge in [-0.2, -0.15) is 0 Å². The van der Waals surface area contributed by atoms with Crippen LogP contribution in [0.2, 0.25) is 0 Å². The number of aryl methyl sites for hydroxylation is 1. The van der Waals surface area contributed by atoms with Crippen molar-refractivity contribution in [1.82, 2.24) is 9.80 Å². The molecule has 1 aliphatic heterocycles. The van der Waals surface area contributed by atoms with E-state index in [0.717, 1.165) is 18.7 Å². The molecule has 3 rings (SSSR count). The van der Waals surface area contributed by atoms with Crippen LogP contribution in [0.4, 0.5) is 4.39 Å². The monoisotopic (exact) mass is 342 g/mol. The van der Waals surface area contributed by atoms with Crippen molar-refractivity contribution in [3.63, 3.8) is 0 Å². The van der Waals surface area contributed by atoms with Gasteiger partial charge in [-0.1, -0.05) is 30.3 Å². The summed E-state index contributed by atoms with van der Waals surface area (Å²) < 4.78 is 13.7. The summed E-state index contributed by atoms with van der Waals surface area (Å²) in [4.78, 5) is 16.4. The fourth-order valence-electron chi connectivity index (χ4n) is 3.14. The number of rotatable bonds is 5. The van der Waals surface area contributed by atoms with Crippen LogP contribution >= 0.6 is 0 Å². The Labute approximate surface area is 147 Å². The number of hydrogen-bond donors (Lipinski definition) is 1. The summed E-state index contributed by atoms with van der Waals surface area (Å²) in [6, 6.07) is 13.9. The summed E-state index contributed by atoms with van der Waals surface area (Å²) in [6.07, 6.45) is 1.07. The van der Waals surface area contributed by atoms with E-state index in [4.69, 9.17) is 0 Å². The molecule has 0 unspecified atom stereocenters. The van der Waals surface area contributed by atoms with E-state index < -0.39 is 0 Å². The highest BCUT2D eigenvalue weighted by atomic mass is 19.1. The van der Waals surface area contributed by atoms with Gasteiger partial charge in [0.2, 0.25) is 5.91 Å². The Balaban J connectivity index is 1.45. The molecular formula is C20H23FN2O2. The third kappa shape index (κ3) is 4.79. The highest BCUT2D eigenvalue weighted by molar-refractivity contribution is 5.76. The number of halogens is 1. The first-order valence-electron chi connectivity index (χ1n) is 8.63. The quantitative estimate of drug-likeness (QED) is 0.909. The van der Waals surface area contributed by atoms with E-state index in [9.17, 15) is 14.3 Å². The van der Waals surface area contributed by atoms with Gasteiger partial charge in [0, 0.05) is 44.7 Å². The Kier molecular flexibility index (Phi) is 5.66. The van der Waals surface area contributed by atoms with Crippen molar-refractivity contribution in [3.8, 4) is 5.75 Å². The fourth-order valence-corrected chi connectivity index (χ4v) is 3.14. The third-order valence-electron chi connectivity index (χ3n) is 4.61. The van der Waals surface area contributed by atoms with Gasteiger partial charge in [-0.15, -0.1) is 0 Å². The maximum absolute atomic E-state index is 13.7. The second-order valence-corrected chi connectivity index (χ2v) is 6.42. The molecule has 5 heteroatoms. The van der Waals surface area contributed by atoms with Crippen LogP contribution in [0.1, 0.15) is 17.5 Å². The predicted octanol–water partition coefficient (Wildman–Crippen LogP) is 2.81. The number of amides is 1. The minimum absolute atomic E-state index is 0.133. The molecule has 0 spiro atoms. The Morgan fingerprint density at radius 3 is 2.52 bits per heavy atom. The van der Waals surface area contributed by atoms with Crippen molar-refractivity contribution in [2.75, 3.05) is 26.2 Å². The summed E-state index contributed by atoms with van der Waals surface area (Å²) in [5, 5.41) is 9.47. The summed E-state index contributed by atoms with van der Waals surface area (Å²) >= 11 is 0. The molecular weight excluding hydrogens is 319 g/mol. The molecule has 0 atom stereocenters. The number of aromatic hydroxyl groups is 1. The van der Waals surface area contributed by atoms with E-state index in [0.29, 0.717) is 38.0 Å². The number of phenols is 1. The van der Waals surface area contributed by atoms with Crippen LogP contribution in [0, 0.1) is 5.82 Å². The Morgan fingerprint density at radius 1 is 1.04 bits per heavy atom. The second kappa shape index (κ2) is 8.12. The SMILES string of the molecule is O=C(CCc1cccc(O)c1)N1CCN(Cc2ccccc2F)CC1. The van der Waals surface area contributed by atoms with Crippen molar-refractivity contribution in [3.05, 3.63) is 65.5 Å². The maximum Gasteiger partial charge on any atom is 0.222 e. The van der Waals surface area contributed by atoms with Crippen molar-refractivity contribution >= 4 is 5.91 Å². The lowest BCUT2D eigenvalue weighted by Crippen LogP contribution is -2.48. The number of phenolic OH excluding ortho intramolecular Hbond substituents is 1. The zero-order valence-electron chi connectivity index (χ0n) is 14.2. The molecule has 0 aromatic heterocycles. The molecule has 1 saturated heterocycles.